The second-order valence-electron chi connectivity index (χ2n) is 5.97. The van der Waals surface area contributed by atoms with Crippen LogP contribution in [0.1, 0.15) is 37.7 Å². The number of hydrogen-bond donors (Lipinski definition) is 2. The quantitative estimate of drug-likeness (QED) is 0.718. The van der Waals surface area contributed by atoms with Gasteiger partial charge in [-0.05, 0) is 37.0 Å². The lowest BCUT2D eigenvalue weighted by Crippen LogP contribution is -2.29. The fourth-order valence-electron chi connectivity index (χ4n) is 2.58. The number of hydrogen-bond acceptors (Lipinski definition) is 4. The monoisotopic (exact) mass is 332 g/mol. The number of nitrogens with two attached hydrogens (primary N) is 1. The van der Waals surface area contributed by atoms with Crippen LogP contribution in [-0.4, -0.2) is 31.8 Å². The average Bonchev–Trinajstić information content (AvgIpc) is 2.58. The zero-order chi connectivity index (χ0) is 17.0. The van der Waals surface area contributed by atoms with Crippen LogP contribution in [0, 0.1) is 0 Å². The van der Waals surface area contributed by atoms with Crippen LogP contribution in [0.25, 0.3) is 0 Å². The third kappa shape index (κ3) is 7.15. The Bertz CT molecular complexity index is 514. The summed E-state index contributed by atoms with van der Waals surface area (Å²) >= 11 is 0. The molecule has 5 nitrogen and oxygen atoms in total. The fourth-order valence-corrected chi connectivity index (χ4v) is 2.58. The second-order valence-corrected chi connectivity index (χ2v) is 5.97. The van der Waals surface area contributed by atoms with Gasteiger partial charge in [0.2, 0.25) is 5.91 Å². The van der Waals surface area contributed by atoms with Crippen LogP contribution < -0.4 is 15.8 Å². The lowest BCUT2D eigenvalue weighted by Gasteiger charge is -2.16. The maximum absolute atomic E-state index is 11.9. The van der Waals surface area contributed by atoms with E-state index in [-0.39, 0.29) is 18.6 Å². The van der Waals surface area contributed by atoms with Crippen LogP contribution in [0.4, 0.5) is 0 Å². The number of amides is 1. The highest BCUT2D eigenvalue weighted by molar-refractivity contribution is 5.77. The van der Waals surface area contributed by atoms with Crippen molar-refractivity contribution >= 4 is 5.91 Å². The zero-order valence-corrected chi connectivity index (χ0v) is 14.2. The molecule has 3 N–H and O–H groups in total. The standard InChI is InChI=1S/C19H28N2O3/c20-12-13-23-18-10-8-16(9-11-18)14-21-19(22)15-24-17-6-4-2-1-3-5-7-17/h4,6,8-11,17H,1-3,5,7,12-15,20H2,(H,21,22). The molecular formula is C19H28N2O3. The normalized spacial score (nSPS) is 17.8. The third-order valence-corrected chi connectivity index (χ3v) is 3.94. The Morgan fingerprint density at radius 2 is 2.04 bits per heavy atom. The molecule has 1 amide bonds. The van der Waals surface area contributed by atoms with Gasteiger partial charge in [0, 0.05) is 13.1 Å². The van der Waals surface area contributed by atoms with Crippen molar-refractivity contribution in [2.45, 2.75) is 44.8 Å². The molecule has 1 aromatic rings. The molecule has 0 saturated heterocycles. The van der Waals surface area contributed by atoms with Crippen LogP contribution in [0.3, 0.4) is 0 Å². The first-order valence-corrected chi connectivity index (χ1v) is 8.74. The first-order valence-electron chi connectivity index (χ1n) is 8.74. The molecule has 0 fully saturated rings. The van der Waals surface area contributed by atoms with Crippen molar-refractivity contribution in [2.24, 2.45) is 5.73 Å². The number of carbonyl (C=O) groups excluding carboxylic acids is 1. The van der Waals surface area contributed by atoms with Crippen LogP contribution >= 0.6 is 0 Å². The minimum atomic E-state index is -0.0890. The summed E-state index contributed by atoms with van der Waals surface area (Å²) in [6, 6.07) is 7.63. The summed E-state index contributed by atoms with van der Waals surface area (Å²) < 4.78 is 11.1. The van der Waals surface area contributed by atoms with Crippen molar-refractivity contribution in [2.75, 3.05) is 19.8 Å². The van der Waals surface area contributed by atoms with E-state index in [1.54, 1.807) is 0 Å². The van der Waals surface area contributed by atoms with Gasteiger partial charge in [-0.25, -0.2) is 0 Å². The Morgan fingerprint density at radius 3 is 2.83 bits per heavy atom. The van der Waals surface area contributed by atoms with Crippen LogP contribution in [-0.2, 0) is 16.1 Å². The highest BCUT2D eigenvalue weighted by Crippen LogP contribution is 2.14. The van der Waals surface area contributed by atoms with E-state index in [9.17, 15) is 4.79 Å². The van der Waals surface area contributed by atoms with Crippen molar-refractivity contribution in [1.82, 2.24) is 5.32 Å². The Labute approximate surface area is 144 Å². The zero-order valence-electron chi connectivity index (χ0n) is 14.2. The number of carbonyl (C=O) groups is 1. The molecule has 1 aromatic carbocycles. The van der Waals surface area contributed by atoms with Crippen molar-refractivity contribution in [3.05, 3.63) is 42.0 Å². The summed E-state index contributed by atoms with van der Waals surface area (Å²) in [6.45, 7) is 1.59. The summed E-state index contributed by atoms with van der Waals surface area (Å²) in [7, 11) is 0. The van der Waals surface area contributed by atoms with Gasteiger partial charge in [-0.3, -0.25) is 4.79 Å². The predicted molar refractivity (Wildman–Crippen MR) is 94.8 cm³/mol. The molecule has 1 atom stereocenters. The molecule has 24 heavy (non-hydrogen) atoms. The third-order valence-electron chi connectivity index (χ3n) is 3.94. The van der Waals surface area contributed by atoms with Gasteiger partial charge in [0.1, 0.15) is 19.0 Å². The highest BCUT2D eigenvalue weighted by Gasteiger charge is 2.10. The molecule has 1 unspecified atom stereocenters. The molecule has 132 valence electrons. The van der Waals surface area contributed by atoms with Crippen LogP contribution in [0.2, 0.25) is 0 Å². The lowest BCUT2D eigenvalue weighted by molar-refractivity contribution is -0.127. The van der Waals surface area contributed by atoms with E-state index in [2.05, 4.69) is 17.5 Å². The van der Waals surface area contributed by atoms with E-state index in [1.165, 1.54) is 12.8 Å². The van der Waals surface area contributed by atoms with Gasteiger partial charge in [-0.1, -0.05) is 37.1 Å². The van der Waals surface area contributed by atoms with Crippen molar-refractivity contribution in [1.29, 1.82) is 0 Å². The number of rotatable bonds is 8. The SMILES string of the molecule is NCCOc1ccc(CNC(=O)COC2C=CCCCCC2)cc1. The maximum Gasteiger partial charge on any atom is 0.246 e. The molecule has 0 spiro atoms. The molecule has 0 heterocycles. The van der Waals surface area contributed by atoms with Crippen molar-refractivity contribution < 1.29 is 14.3 Å². The molecule has 5 heteroatoms. The van der Waals surface area contributed by atoms with Gasteiger partial charge >= 0.3 is 0 Å². The number of benzene rings is 1. The average molecular weight is 332 g/mol. The van der Waals surface area contributed by atoms with Crippen molar-refractivity contribution in [3.8, 4) is 5.75 Å². The van der Waals surface area contributed by atoms with E-state index >= 15 is 0 Å². The molecule has 0 aromatic heterocycles. The molecule has 0 bridgehead atoms. The minimum Gasteiger partial charge on any atom is -0.492 e. The van der Waals surface area contributed by atoms with Crippen LogP contribution in [0.5, 0.6) is 5.75 Å². The summed E-state index contributed by atoms with van der Waals surface area (Å²) in [4.78, 5) is 11.9. The number of ether oxygens (including phenoxy) is 2. The molecule has 0 saturated carbocycles. The summed E-state index contributed by atoms with van der Waals surface area (Å²) in [6.07, 6.45) is 10.1. The number of allylic oxidation sites excluding steroid dienone is 1. The molecule has 1 aliphatic rings. The van der Waals surface area contributed by atoms with Gasteiger partial charge in [0.05, 0.1) is 6.10 Å². The highest BCUT2D eigenvalue weighted by atomic mass is 16.5. The fraction of sp³-hybridized carbons (Fsp3) is 0.526. The van der Waals surface area contributed by atoms with E-state index in [0.717, 1.165) is 30.6 Å². The first-order chi connectivity index (χ1) is 11.8. The molecular weight excluding hydrogens is 304 g/mol. The molecule has 1 aliphatic carbocycles. The summed E-state index contributed by atoms with van der Waals surface area (Å²) in [5, 5.41) is 2.88. The molecule has 0 aliphatic heterocycles. The van der Waals surface area contributed by atoms with E-state index in [4.69, 9.17) is 15.2 Å². The van der Waals surface area contributed by atoms with Gasteiger partial charge in [0.25, 0.3) is 0 Å². The first kappa shape index (κ1) is 18.5. The summed E-state index contributed by atoms with van der Waals surface area (Å²) in [5.74, 6) is 0.698. The van der Waals surface area contributed by atoms with Gasteiger partial charge in [-0.15, -0.1) is 0 Å². The Kier molecular flexibility index (Phi) is 8.35. The van der Waals surface area contributed by atoms with Gasteiger partial charge < -0.3 is 20.5 Å². The second kappa shape index (κ2) is 10.8. The van der Waals surface area contributed by atoms with E-state index in [1.807, 2.05) is 24.3 Å². The molecule has 0 radical (unpaired) electrons. The smallest absolute Gasteiger partial charge is 0.246 e. The largest absolute Gasteiger partial charge is 0.492 e. The summed E-state index contributed by atoms with van der Waals surface area (Å²) in [5.41, 5.74) is 6.42. The number of nitrogens with one attached hydrogen (secondary N) is 1. The topological polar surface area (TPSA) is 73.6 Å². The van der Waals surface area contributed by atoms with Gasteiger partial charge in [-0.2, -0.15) is 0 Å². The van der Waals surface area contributed by atoms with Crippen molar-refractivity contribution in [3.63, 3.8) is 0 Å². The Hall–Kier alpha value is -1.85. The molecule has 2 rings (SSSR count). The van der Waals surface area contributed by atoms with Gasteiger partial charge in [0.15, 0.2) is 0 Å². The predicted octanol–water partition coefficient (Wildman–Crippen LogP) is 2.55. The van der Waals surface area contributed by atoms with E-state index < -0.39 is 0 Å². The van der Waals surface area contributed by atoms with E-state index in [0.29, 0.717) is 19.7 Å². The van der Waals surface area contributed by atoms with Crippen LogP contribution in [0.15, 0.2) is 36.4 Å². The lowest BCUT2D eigenvalue weighted by atomic mass is 10.0. The Morgan fingerprint density at radius 1 is 1.21 bits per heavy atom. The minimum absolute atomic E-state index is 0.0648. The maximum atomic E-state index is 11.9. The Balaban J connectivity index is 1.67.